The Hall–Kier alpha value is -0.660. The van der Waals surface area contributed by atoms with E-state index in [2.05, 4.69) is 9.88 Å². The summed E-state index contributed by atoms with van der Waals surface area (Å²) in [5, 5.41) is 5.93. The minimum Gasteiger partial charge on any atom is -0.347 e. The van der Waals surface area contributed by atoms with Crippen LogP contribution in [-0.2, 0) is 10.0 Å². The van der Waals surface area contributed by atoms with Gasteiger partial charge in [-0.3, -0.25) is 0 Å². The lowest BCUT2D eigenvalue weighted by Gasteiger charge is -2.33. The maximum Gasteiger partial charge on any atom is 0.249 e. The van der Waals surface area contributed by atoms with Crippen molar-refractivity contribution in [1.29, 1.82) is 0 Å². The Morgan fingerprint density at radius 2 is 2.00 bits per heavy atom. The third kappa shape index (κ3) is 2.64. The first-order valence-electron chi connectivity index (χ1n) is 6.72. The predicted octanol–water partition coefficient (Wildman–Crippen LogP) is 1.95. The van der Waals surface area contributed by atoms with Gasteiger partial charge in [-0.15, -0.1) is 0 Å². The summed E-state index contributed by atoms with van der Waals surface area (Å²) in [5.41, 5.74) is 0.450. The van der Waals surface area contributed by atoms with Gasteiger partial charge < -0.3 is 4.90 Å². The van der Waals surface area contributed by atoms with E-state index in [0.29, 0.717) is 5.41 Å². The smallest absolute Gasteiger partial charge is 0.249 e. The molecular formula is C12H19N3O2S2. The summed E-state index contributed by atoms with van der Waals surface area (Å²) in [5.74, 6) is 0. The Bertz CT molecular complexity index is 561. The van der Waals surface area contributed by atoms with Crippen LogP contribution in [0.3, 0.4) is 0 Å². The highest BCUT2D eigenvalue weighted by Crippen LogP contribution is 2.45. The minimum absolute atomic E-state index is 0.159. The van der Waals surface area contributed by atoms with Crippen LogP contribution >= 0.6 is 11.3 Å². The van der Waals surface area contributed by atoms with Crippen molar-refractivity contribution in [1.82, 2.24) is 4.98 Å². The van der Waals surface area contributed by atoms with E-state index in [4.69, 9.17) is 5.14 Å². The molecule has 3 rings (SSSR count). The highest BCUT2D eigenvalue weighted by molar-refractivity contribution is 7.91. The van der Waals surface area contributed by atoms with Crippen LogP contribution in [0.1, 0.15) is 38.5 Å². The van der Waals surface area contributed by atoms with Crippen molar-refractivity contribution in [3.8, 4) is 0 Å². The van der Waals surface area contributed by atoms with Crippen LogP contribution in [0.4, 0.5) is 5.13 Å². The lowest BCUT2D eigenvalue weighted by atomic mass is 9.74. The summed E-state index contributed by atoms with van der Waals surface area (Å²) in [7, 11) is -3.62. The number of aromatic nitrogens is 1. The highest BCUT2D eigenvalue weighted by atomic mass is 32.2. The summed E-state index contributed by atoms with van der Waals surface area (Å²) >= 11 is 1.19. The summed E-state index contributed by atoms with van der Waals surface area (Å²) in [6, 6.07) is 0. The molecule has 1 saturated heterocycles. The number of hydrogen-bond donors (Lipinski definition) is 1. The predicted molar refractivity (Wildman–Crippen MR) is 75.8 cm³/mol. The molecule has 0 unspecified atom stereocenters. The molecule has 1 aromatic heterocycles. The minimum atomic E-state index is -3.62. The molecule has 7 heteroatoms. The van der Waals surface area contributed by atoms with Crippen molar-refractivity contribution in [3.63, 3.8) is 0 Å². The zero-order chi connectivity index (χ0) is 13.5. The number of nitrogens with two attached hydrogens (primary N) is 1. The Labute approximate surface area is 117 Å². The van der Waals surface area contributed by atoms with Crippen molar-refractivity contribution in [3.05, 3.63) is 6.20 Å². The topological polar surface area (TPSA) is 76.3 Å². The van der Waals surface area contributed by atoms with Crippen molar-refractivity contribution >= 4 is 26.5 Å². The van der Waals surface area contributed by atoms with Crippen LogP contribution in [0.5, 0.6) is 0 Å². The van der Waals surface area contributed by atoms with Crippen LogP contribution in [0.25, 0.3) is 0 Å². The Kier molecular flexibility index (Phi) is 3.31. The van der Waals surface area contributed by atoms with Crippen LogP contribution in [-0.4, -0.2) is 26.5 Å². The molecule has 0 atom stereocenters. The molecule has 1 saturated carbocycles. The molecule has 1 aromatic rings. The Balaban J connectivity index is 1.76. The van der Waals surface area contributed by atoms with E-state index >= 15 is 0 Å². The first kappa shape index (κ1) is 13.3. The Morgan fingerprint density at radius 1 is 1.26 bits per heavy atom. The van der Waals surface area contributed by atoms with Gasteiger partial charge in [-0.25, -0.2) is 18.5 Å². The molecule has 0 amide bonds. The molecule has 106 valence electrons. The average Bonchev–Trinajstić information content (AvgIpc) is 2.96. The van der Waals surface area contributed by atoms with Crippen LogP contribution < -0.4 is 10.0 Å². The zero-order valence-electron chi connectivity index (χ0n) is 10.8. The van der Waals surface area contributed by atoms with E-state index in [9.17, 15) is 8.42 Å². The molecule has 2 fully saturated rings. The third-order valence-electron chi connectivity index (χ3n) is 4.38. The molecule has 0 aromatic carbocycles. The van der Waals surface area contributed by atoms with Crippen molar-refractivity contribution in [2.24, 2.45) is 10.6 Å². The molecule has 2 heterocycles. The summed E-state index contributed by atoms with van der Waals surface area (Å²) in [6.07, 6.45) is 9.20. The number of anilines is 1. The average molecular weight is 301 g/mol. The van der Waals surface area contributed by atoms with Crippen LogP contribution in [0, 0.1) is 5.41 Å². The van der Waals surface area contributed by atoms with E-state index in [0.717, 1.165) is 18.2 Å². The number of thiazole rings is 1. The zero-order valence-corrected chi connectivity index (χ0v) is 12.5. The van der Waals surface area contributed by atoms with Crippen LogP contribution in [0.15, 0.2) is 10.4 Å². The van der Waals surface area contributed by atoms with Gasteiger partial charge >= 0.3 is 0 Å². The number of hydrogen-bond acceptors (Lipinski definition) is 5. The normalized spacial score (nSPS) is 23.1. The van der Waals surface area contributed by atoms with Gasteiger partial charge in [-0.2, -0.15) is 0 Å². The molecule has 2 aliphatic rings. The summed E-state index contributed by atoms with van der Waals surface area (Å²) in [4.78, 5) is 6.45. The van der Waals surface area contributed by atoms with E-state index < -0.39 is 10.0 Å². The molecule has 19 heavy (non-hydrogen) atoms. The second-order valence-electron chi connectivity index (χ2n) is 5.74. The van der Waals surface area contributed by atoms with Crippen molar-refractivity contribution in [2.75, 3.05) is 18.0 Å². The SMILES string of the molecule is NS(=O)(=O)c1cnc(N2CCC3(CCCCC3)C2)s1. The maximum atomic E-state index is 11.3. The number of primary sulfonamides is 1. The molecule has 5 nitrogen and oxygen atoms in total. The highest BCUT2D eigenvalue weighted by Gasteiger charge is 2.39. The maximum absolute atomic E-state index is 11.3. The molecule has 1 aliphatic heterocycles. The van der Waals surface area contributed by atoms with Gasteiger partial charge in [0.15, 0.2) is 9.34 Å². The fourth-order valence-corrected chi connectivity index (χ4v) is 4.90. The number of rotatable bonds is 2. The van der Waals surface area contributed by atoms with E-state index in [1.54, 1.807) is 0 Å². The second-order valence-corrected chi connectivity index (χ2v) is 8.54. The molecule has 0 bridgehead atoms. The molecule has 2 N–H and O–H groups in total. The van der Waals surface area contributed by atoms with Gasteiger partial charge in [-0.05, 0) is 24.7 Å². The first-order chi connectivity index (χ1) is 8.99. The van der Waals surface area contributed by atoms with Gasteiger partial charge in [0, 0.05) is 13.1 Å². The molecule has 1 aliphatic carbocycles. The fraction of sp³-hybridized carbons (Fsp3) is 0.750. The van der Waals surface area contributed by atoms with Crippen molar-refractivity contribution < 1.29 is 8.42 Å². The molecule has 1 spiro atoms. The second kappa shape index (κ2) is 4.71. The van der Waals surface area contributed by atoms with Gasteiger partial charge in [0.25, 0.3) is 0 Å². The van der Waals surface area contributed by atoms with Gasteiger partial charge in [0.05, 0.1) is 6.20 Å². The third-order valence-corrected chi connectivity index (χ3v) is 6.84. The number of sulfonamides is 1. The molecular weight excluding hydrogens is 282 g/mol. The lowest BCUT2D eigenvalue weighted by molar-refractivity contribution is 0.219. The van der Waals surface area contributed by atoms with Gasteiger partial charge in [0.2, 0.25) is 10.0 Å². The summed E-state index contributed by atoms with van der Waals surface area (Å²) in [6.45, 7) is 2.00. The quantitative estimate of drug-likeness (QED) is 0.906. The van der Waals surface area contributed by atoms with E-state index in [-0.39, 0.29) is 4.21 Å². The van der Waals surface area contributed by atoms with Gasteiger partial charge in [-0.1, -0.05) is 30.6 Å². The summed E-state index contributed by atoms with van der Waals surface area (Å²) < 4.78 is 22.7. The van der Waals surface area contributed by atoms with E-state index in [1.807, 2.05) is 0 Å². The fourth-order valence-electron chi connectivity index (χ4n) is 3.34. The standard InChI is InChI=1S/C12H19N3O2S2/c13-19(16,17)10-8-14-11(18-10)15-7-6-12(9-15)4-2-1-3-5-12/h8H,1-7,9H2,(H2,13,16,17). The van der Waals surface area contributed by atoms with Gasteiger partial charge in [0.1, 0.15) is 0 Å². The van der Waals surface area contributed by atoms with E-state index in [1.165, 1.54) is 56.1 Å². The van der Waals surface area contributed by atoms with Crippen LogP contribution in [0.2, 0.25) is 0 Å². The number of nitrogens with zero attached hydrogens (tertiary/aromatic N) is 2. The first-order valence-corrected chi connectivity index (χ1v) is 9.08. The lowest BCUT2D eigenvalue weighted by Crippen LogP contribution is -2.29. The largest absolute Gasteiger partial charge is 0.347 e. The monoisotopic (exact) mass is 301 g/mol. The molecule has 0 radical (unpaired) electrons. The van der Waals surface area contributed by atoms with Crippen molar-refractivity contribution in [2.45, 2.75) is 42.7 Å². The Morgan fingerprint density at radius 3 is 2.63 bits per heavy atom.